The van der Waals surface area contributed by atoms with Crippen LogP contribution in [0.25, 0.3) is 17.0 Å². The summed E-state index contributed by atoms with van der Waals surface area (Å²) in [5.74, 6) is 0.783. The van der Waals surface area contributed by atoms with Crippen molar-refractivity contribution in [3.05, 3.63) is 132 Å². The van der Waals surface area contributed by atoms with Gasteiger partial charge in [-0.25, -0.2) is 4.99 Å². The average molecular weight is 472 g/mol. The van der Waals surface area contributed by atoms with Gasteiger partial charge in [-0.3, -0.25) is 0 Å². The fourth-order valence-electron chi connectivity index (χ4n) is 4.51. The second kappa shape index (κ2) is 9.00. The fourth-order valence-corrected chi connectivity index (χ4v) is 4.51. The maximum Gasteiger partial charge on any atom is 0.240 e. The molecule has 0 amide bonds. The SMILES string of the molecule is COc1ccc(C2=C(c3ccccc3)/C(=N\c3cnn(-c4ccccc4)c3O)c3cccc[n+]32)cc1. The molecule has 5 aromatic rings. The molecule has 2 aromatic heterocycles. The van der Waals surface area contributed by atoms with Crippen molar-refractivity contribution in [1.29, 1.82) is 0 Å². The van der Waals surface area contributed by atoms with Crippen LogP contribution in [0.1, 0.15) is 16.8 Å². The van der Waals surface area contributed by atoms with Crippen LogP contribution in [-0.4, -0.2) is 27.7 Å². The topological polar surface area (TPSA) is 63.5 Å². The van der Waals surface area contributed by atoms with Crippen LogP contribution in [0, 0.1) is 0 Å². The van der Waals surface area contributed by atoms with E-state index in [0.717, 1.165) is 45.2 Å². The smallest absolute Gasteiger partial charge is 0.240 e. The molecule has 6 nitrogen and oxygen atoms in total. The van der Waals surface area contributed by atoms with E-state index in [-0.39, 0.29) is 5.88 Å². The summed E-state index contributed by atoms with van der Waals surface area (Å²) in [5.41, 5.74) is 6.88. The van der Waals surface area contributed by atoms with E-state index in [0.29, 0.717) is 5.69 Å². The number of rotatable bonds is 5. The van der Waals surface area contributed by atoms with Crippen molar-refractivity contribution in [2.45, 2.75) is 0 Å². The van der Waals surface area contributed by atoms with Gasteiger partial charge < -0.3 is 9.84 Å². The third kappa shape index (κ3) is 3.65. The van der Waals surface area contributed by atoms with Crippen LogP contribution in [0.4, 0.5) is 5.69 Å². The van der Waals surface area contributed by atoms with Crippen molar-refractivity contribution in [3.8, 4) is 17.3 Å². The molecule has 0 unspecified atom stereocenters. The molecule has 0 atom stereocenters. The summed E-state index contributed by atoms with van der Waals surface area (Å²) in [6.07, 6.45) is 3.63. The Morgan fingerprint density at radius 2 is 1.50 bits per heavy atom. The Bertz CT molecular complexity index is 1600. The third-order valence-electron chi connectivity index (χ3n) is 6.20. The molecule has 0 aliphatic carbocycles. The lowest BCUT2D eigenvalue weighted by Gasteiger charge is -2.06. The molecule has 6 heteroatoms. The lowest BCUT2D eigenvalue weighted by Crippen LogP contribution is -2.34. The van der Waals surface area contributed by atoms with Gasteiger partial charge in [-0.05, 0) is 48.0 Å². The fraction of sp³-hybridized carbons (Fsp3) is 0.0333. The molecule has 0 fully saturated rings. The van der Waals surface area contributed by atoms with E-state index in [1.54, 1.807) is 13.3 Å². The van der Waals surface area contributed by atoms with Gasteiger partial charge in [0.2, 0.25) is 17.3 Å². The maximum absolute atomic E-state index is 11.0. The summed E-state index contributed by atoms with van der Waals surface area (Å²) in [6.45, 7) is 0. The molecule has 0 saturated carbocycles. The van der Waals surface area contributed by atoms with Crippen molar-refractivity contribution in [2.75, 3.05) is 7.11 Å². The molecule has 0 saturated heterocycles. The summed E-state index contributed by atoms with van der Waals surface area (Å²) in [7, 11) is 1.66. The Kier molecular flexibility index (Phi) is 5.39. The van der Waals surface area contributed by atoms with Crippen molar-refractivity contribution in [1.82, 2.24) is 9.78 Å². The first-order chi connectivity index (χ1) is 17.7. The first kappa shape index (κ1) is 21.6. The predicted octanol–water partition coefficient (Wildman–Crippen LogP) is 5.43. The van der Waals surface area contributed by atoms with E-state index in [1.807, 2.05) is 85.1 Å². The number of aromatic hydroxyl groups is 1. The quantitative estimate of drug-likeness (QED) is 0.348. The minimum atomic E-state index is -0.0125. The Hall–Kier alpha value is -4.97. The van der Waals surface area contributed by atoms with Gasteiger partial charge in [-0.15, -0.1) is 0 Å². The minimum absolute atomic E-state index is 0.0125. The van der Waals surface area contributed by atoms with Crippen LogP contribution < -0.4 is 9.30 Å². The van der Waals surface area contributed by atoms with Crippen molar-refractivity contribution < 1.29 is 14.4 Å². The van der Waals surface area contributed by atoms with E-state index in [4.69, 9.17) is 9.73 Å². The van der Waals surface area contributed by atoms with Gasteiger partial charge in [0.05, 0.1) is 24.6 Å². The summed E-state index contributed by atoms with van der Waals surface area (Å²) in [5, 5.41) is 15.4. The normalized spacial score (nSPS) is 13.8. The Morgan fingerprint density at radius 1 is 0.806 bits per heavy atom. The van der Waals surface area contributed by atoms with Gasteiger partial charge in [0.25, 0.3) is 0 Å². The average Bonchev–Trinajstić information content (AvgIpc) is 3.47. The van der Waals surface area contributed by atoms with Crippen molar-refractivity contribution >= 4 is 22.7 Å². The van der Waals surface area contributed by atoms with Gasteiger partial charge in [0.15, 0.2) is 11.9 Å². The van der Waals surface area contributed by atoms with E-state index >= 15 is 0 Å². The van der Waals surface area contributed by atoms with Gasteiger partial charge in [-0.2, -0.15) is 14.3 Å². The van der Waals surface area contributed by atoms with E-state index in [1.165, 1.54) is 4.68 Å². The number of allylic oxidation sites excluding steroid dienone is 1. The van der Waals surface area contributed by atoms with Crippen LogP contribution in [0.5, 0.6) is 11.6 Å². The molecular formula is C30H23N4O2+. The lowest BCUT2D eigenvalue weighted by atomic mass is 9.97. The zero-order valence-electron chi connectivity index (χ0n) is 19.6. The van der Waals surface area contributed by atoms with Crippen LogP contribution in [-0.2, 0) is 0 Å². The highest BCUT2D eigenvalue weighted by Gasteiger charge is 2.38. The van der Waals surface area contributed by atoms with Crippen LogP contribution in [0.2, 0.25) is 0 Å². The number of pyridine rings is 1. The molecule has 1 aliphatic rings. The maximum atomic E-state index is 11.0. The molecule has 0 radical (unpaired) electrons. The van der Waals surface area contributed by atoms with Crippen LogP contribution >= 0.6 is 0 Å². The summed E-state index contributed by atoms with van der Waals surface area (Å²) >= 11 is 0. The predicted molar refractivity (Wildman–Crippen MR) is 140 cm³/mol. The van der Waals surface area contributed by atoms with E-state index < -0.39 is 0 Å². The molecule has 0 bridgehead atoms. The number of nitrogens with zero attached hydrogens (tertiary/aromatic N) is 4. The molecule has 1 aliphatic heterocycles. The van der Waals surface area contributed by atoms with Gasteiger partial charge in [0, 0.05) is 17.7 Å². The molecule has 6 rings (SSSR count). The van der Waals surface area contributed by atoms with Crippen LogP contribution in [0.15, 0.2) is 121 Å². The summed E-state index contributed by atoms with van der Waals surface area (Å²) in [6, 6.07) is 33.8. The highest BCUT2D eigenvalue weighted by atomic mass is 16.5. The van der Waals surface area contributed by atoms with Gasteiger partial charge in [-0.1, -0.05) is 48.5 Å². The zero-order chi connectivity index (χ0) is 24.5. The number of methoxy groups -OCH3 is 1. The summed E-state index contributed by atoms with van der Waals surface area (Å²) < 4.78 is 9.01. The monoisotopic (exact) mass is 471 g/mol. The Morgan fingerprint density at radius 3 is 2.22 bits per heavy atom. The summed E-state index contributed by atoms with van der Waals surface area (Å²) in [4.78, 5) is 4.99. The van der Waals surface area contributed by atoms with Crippen molar-refractivity contribution in [3.63, 3.8) is 0 Å². The number of hydrogen-bond acceptors (Lipinski definition) is 4. The number of benzene rings is 3. The van der Waals surface area contributed by atoms with Crippen molar-refractivity contribution in [2.24, 2.45) is 4.99 Å². The molecule has 1 N–H and O–H groups in total. The standard InChI is InChI=1S/C30H22N4O2/c1-36-24-17-15-22(16-18-24)29-27(21-10-4-2-5-11-21)28(26-14-8-9-19-33(26)29)32-25-20-31-34(30(25)35)23-12-6-3-7-13-23/h2-20H,1H3/p+1. The Balaban J connectivity index is 1.59. The second-order valence-electron chi connectivity index (χ2n) is 8.34. The van der Waals surface area contributed by atoms with E-state index in [9.17, 15) is 5.11 Å². The largest absolute Gasteiger partial charge is 0.497 e. The molecule has 36 heavy (non-hydrogen) atoms. The molecular weight excluding hydrogens is 448 g/mol. The van der Waals surface area contributed by atoms with Gasteiger partial charge >= 0.3 is 0 Å². The molecule has 3 heterocycles. The van der Waals surface area contributed by atoms with E-state index in [2.05, 4.69) is 33.9 Å². The molecule has 174 valence electrons. The minimum Gasteiger partial charge on any atom is -0.497 e. The first-order valence-corrected chi connectivity index (χ1v) is 11.6. The number of para-hydroxylation sites is 1. The molecule has 0 spiro atoms. The highest BCUT2D eigenvalue weighted by molar-refractivity contribution is 6.37. The number of aromatic nitrogens is 3. The number of ether oxygens (including phenoxy) is 1. The Labute approximate surface area is 208 Å². The zero-order valence-corrected chi connectivity index (χ0v) is 19.6. The number of hydrogen-bond donors (Lipinski definition) is 1. The third-order valence-corrected chi connectivity index (χ3v) is 6.20. The highest BCUT2D eigenvalue weighted by Crippen LogP contribution is 2.36. The first-order valence-electron chi connectivity index (χ1n) is 11.6. The second-order valence-corrected chi connectivity index (χ2v) is 8.34. The number of fused-ring (bicyclic) bond motifs is 1. The number of aliphatic imine (C=N–C) groups is 1. The lowest BCUT2D eigenvalue weighted by molar-refractivity contribution is -0.577. The molecule has 3 aromatic carbocycles. The van der Waals surface area contributed by atoms with Crippen LogP contribution in [0.3, 0.4) is 0 Å². The van der Waals surface area contributed by atoms with Gasteiger partial charge in [0.1, 0.15) is 11.4 Å².